The number of benzene rings is 1. The standard InChI is InChI=1S/C16H11N3O4/c20-14(10-7-4-8-23-10)12-11-13(18-17-12)16(22)19(15(11)21)9-5-2-1-3-6-9/h1-8,11,13,18H/t11-,13+/m1/s1. The quantitative estimate of drug-likeness (QED) is 0.674. The van der Waals surface area contributed by atoms with E-state index in [-0.39, 0.29) is 11.5 Å². The number of hydrogen-bond acceptors (Lipinski definition) is 6. The van der Waals surface area contributed by atoms with E-state index in [1.54, 1.807) is 36.4 Å². The van der Waals surface area contributed by atoms with E-state index >= 15 is 0 Å². The Morgan fingerprint density at radius 1 is 1.09 bits per heavy atom. The van der Waals surface area contributed by atoms with Gasteiger partial charge in [0.2, 0.25) is 11.7 Å². The summed E-state index contributed by atoms with van der Waals surface area (Å²) < 4.78 is 5.06. The van der Waals surface area contributed by atoms with E-state index in [0.717, 1.165) is 4.90 Å². The number of nitrogens with one attached hydrogen (secondary N) is 1. The van der Waals surface area contributed by atoms with Gasteiger partial charge in [0, 0.05) is 0 Å². The second-order valence-corrected chi connectivity index (χ2v) is 5.24. The molecule has 0 saturated carbocycles. The molecular formula is C16H11N3O4. The zero-order valence-electron chi connectivity index (χ0n) is 11.8. The highest BCUT2D eigenvalue weighted by Crippen LogP contribution is 2.31. The van der Waals surface area contributed by atoms with E-state index in [0.29, 0.717) is 5.69 Å². The molecule has 2 amide bonds. The van der Waals surface area contributed by atoms with Gasteiger partial charge in [0.1, 0.15) is 17.7 Å². The molecule has 1 fully saturated rings. The molecule has 2 aliphatic rings. The summed E-state index contributed by atoms with van der Waals surface area (Å²) >= 11 is 0. The molecule has 1 aromatic carbocycles. The van der Waals surface area contributed by atoms with Crippen LogP contribution >= 0.6 is 0 Å². The van der Waals surface area contributed by atoms with Gasteiger partial charge >= 0.3 is 0 Å². The Morgan fingerprint density at radius 2 is 1.87 bits per heavy atom. The molecule has 0 aliphatic carbocycles. The largest absolute Gasteiger partial charge is 0.461 e. The van der Waals surface area contributed by atoms with Gasteiger partial charge in [0.05, 0.1) is 12.0 Å². The molecular weight excluding hydrogens is 298 g/mol. The van der Waals surface area contributed by atoms with E-state index in [4.69, 9.17) is 4.42 Å². The summed E-state index contributed by atoms with van der Waals surface area (Å²) in [6, 6.07) is 10.8. The Labute approximate surface area is 130 Å². The van der Waals surface area contributed by atoms with Crippen molar-refractivity contribution in [2.24, 2.45) is 11.0 Å². The van der Waals surface area contributed by atoms with Gasteiger partial charge in [0.25, 0.3) is 5.91 Å². The van der Waals surface area contributed by atoms with Gasteiger partial charge in [-0.05, 0) is 24.3 Å². The molecule has 0 spiro atoms. The third-order valence-electron chi connectivity index (χ3n) is 3.92. The van der Waals surface area contributed by atoms with Crippen molar-refractivity contribution in [2.75, 3.05) is 4.90 Å². The maximum absolute atomic E-state index is 12.7. The van der Waals surface area contributed by atoms with Crippen LogP contribution in [0.5, 0.6) is 0 Å². The van der Waals surface area contributed by atoms with Crippen molar-refractivity contribution in [1.82, 2.24) is 5.43 Å². The molecule has 2 atom stereocenters. The molecule has 0 radical (unpaired) electrons. The van der Waals surface area contributed by atoms with Crippen LogP contribution in [0.2, 0.25) is 0 Å². The molecule has 1 saturated heterocycles. The Hall–Kier alpha value is -3.22. The maximum atomic E-state index is 12.7. The molecule has 114 valence electrons. The first-order chi connectivity index (χ1) is 11.2. The van der Waals surface area contributed by atoms with Gasteiger partial charge in [0.15, 0.2) is 5.76 Å². The van der Waals surface area contributed by atoms with Crippen LogP contribution in [0.25, 0.3) is 0 Å². The van der Waals surface area contributed by atoms with Crippen molar-refractivity contribution in [3.05, 3.63) is 54.5 Å². The van der Waals surface area contributed by atoms with Crippen molar-refractivity contribution in [2.45, 2.75) is 6.04 Å². The van der Waals surface area contributed by atoms with E-state index in [1.807, 2.05) is 0 Å². The summed E-state index contributed by atoms with van der Waals surface area (Å²) in [5.74, 6) is -2.22. The zero-order valence-corrected chi connectivity index (χ0v) is 11.8. The van der Waals surface area contributed by atoms with Crippen molar-refractivity contribution >= 4 is 29.0 Å². The fraction of sp³-hybridized carbons (Fsp3) is 0.125. The van der Waals surface area contributed by atoms with E-state index in [9.17, 15) is 14.4 Å². The molecule has 7 nitrogen and oxygen atoms in total. The second kappa shape index (κ2) is 4.91. The molecule has 2 aromatic rings. The minimum absolute atomic E-state index is 0.00160. The highest BCUT2D eigenvalue weighted by Gasteiger charge is 2.55. The average Bonchev–Trinajstić information content (AvgIpc) is 3.28. The first kappa shape index (κ1) is 13.4. The van der Waals surface area contributed by atoms with E-state index in [1.165, 1.54) is 12.3 Å². The van der Waals surface area contributed by atoms with Crippen LogP contribution in [-0.4, -0.2) is 29.4 Å². The van der Waals surface area contributed by atoms with Gasteiger partial charge in [-0.1, -0.05) is 18.2 Å². The lowest BCUT2D eigenvalue weighted by atomic mass is 9.95. The molecule has 23 heavy (non-hydrogen) atoms. The molecule has 2 aliphatic heterocycles. The predicted molar refractivity (Wildman–Crippen MR) is 79.8 cm³/mol. The molecule has 0 unspecified atom stereocenters. The van der Waals surface area contributed by atoms with Gasteiger partial charge in [-0.15, -0.1) is 0 Å². The van der Waals surface area contributed by atoms with Crippen molar-refractivity contribution < 1.29 is 18.8 Å². The zero-order chi connectivity index (χ0) is 16.0. The number of hydrazone groups is 1. The Bertz CT molecular complexity index is 826. The lowest BCUT2D eigenvalue weighted by Gasteiger charge is -2.15. The number of nitrogens with zero attached hydrogens (tertiary/aromatic N) is 2. The summed E-state index contributed by atoms with van der Waals surface area (Å²) in [7, 11) is 0. The van der Waals surface area contributed by atoms with Crippen LogP contribution in [0.3, 0.4) is 0 Å². The number of rotatable bonds is 3. The number of amides is 2. The summed E-state index contributed by atoms with van der Waals surface area (Å²) in [4.78, 5) is 38.7. The number of imide groups is 1. The average molecular weight is 309 g/mol. The minimum Gasteiger partial charge on any atom is -0.461 e. The number of carbonyl (C=O) groups excluding carboxylic acids is 3. The topological polar surface area (TPSA) is 92.0 Å². The monoisotopic (exact) mass is 309 g/mol. The maximum Gasteiger partial charge on any atom is 0.259 e. The second-order valence-electron chi connectivity index (χ2n) is 5.24. The number of fused-ring (bicyclic) bond motifs is 1. The molecule has 7 heteroatoms. The normalized spacial score (nSPS) is 22.8. The first-order valence-corrected chi connectivity index (χ1v) is 7.02. The number of hydrogen-bond donors (Lipinski definition) is 1. The van der Waals surface area contributed by atoms with Crippen molar-refractivity contribution in [3.63, 3.8) is 0 Å². The number of para-hydroxylation sites is 1. The highest BCUT2D eigenvalue weighted by atomic mass is 16.3. The molecule has 4 rings (SSSR count). The number of carbonyl (C=O) groups is 3. The molecule has 1 N–H and O–H groups in total. The van der Waals surface area contributed by atoms with Crippen LogP contribution in [0, 0.1) is 5.92 Å². The molecule has 1 aromatic heterocycles. The Morgan fingerprint density at radius 3 is 2.57 bits per heavy atom. The van der Waals surface area contributed by atoms with E-state index in [2.05, 4.69) is 10.5 Å². The van der Waals surface area contributed by atoms with Gasteiger partial charge < -0.3 is 4.42 Å². The summed E-state index contributed by atoms with van der Waals surface area (Å²) in [5, 5.41) is 3.89. The number of ketones is 1. The van der Waals surface area contributed by atoms with Crippen LogP contribution in [0.1, 0.15) is 10.6 Å². The fourth-order valence-electron chi connectivity index (χ4n) is 2.84. The van der Waals surface area contributed by atoms with Crippen LogP contribution in [0.4, 0.5) is 5.69 Å². The summed E-state index contributed by atoms with van der Waals surface area (Å²) in [5.41, 5.74) is 3.08. The lowest BCUT2D eigenvalue weighted by molar-refractivity contribution is -0.122. The van der Waals surface area contributed by atoms with Crippen LogP contribution < -0.4 is 10.3 Å². The van der Waals surface area contributed by atoms with Crippen LogP contribution in [-0.2, 0) is 9.59 Å². The SMILES string of the molecule is O=C(C1=NN[C@@H]2C(=O)N(c3ccccc3)C(=O)[C@H]12)c1ccco1. The van der Waals surface area contributed by atoms with Gasteiger partial charge in [-0.2, -0.15) is 5.10 Å². The van der Waals surface area contributed by atoms with Crippen molar-refractivity contribution in [1.29, 1.82) is 0 Å². The van der Waals surface area contributed by atoms with Crippen LogP contribution in [0.15, 0.2) is 58.2 Å². The smallest absolute Gasteiger partial charge is 0.259 e. The first-order valence-electron chi connectivity index (χ1n) is 7.02. The summed E-state index contributed by atoms with van der Waals surface area (Å²) in [6.45, 7) is 0. The Balaban J connectivity index is 1.69. The molecule has 3 heterocycles. The Kier molecular flexibility index (Phi) is 2.87. The third kappa shape index (κ3) is 1.90. The number of Topliss-reactive ketones (excluding diaryl/α,β-unsaturated/α-hetero) is 1. The molecule has 0 bridgehead atoms. The number of anilines is 1. The predicted octanol–water partition coefficient (Wildman–Crippen LogP) is 0.980. The van der Waals surface area contributed by atoms with Gasteiger partial charge in [-0.25, -0.2) is 4.90 Å². The highest BCUT2D eigenvalue weighted by molar-refractivity contribution is 6.52. The minimum atomic E-state index is -0.930. The lowest BCUT2D eigenvalue weighted by Crippen LogP contribution is -2.36. The third-order valence-corrected chi connectivity index (χ3v) is 3.92. The summed E-state index contributed by atoms with van der Waals surface area (Å²) in [6.07, 6.45) is 1.37. The van der Waals surface area contributed by atoms with E-state index < -0.39 is 29.6 Å². The van der Waals surface area contributed by atoms with Gasteiger partial charge in [-0.3, -0.25) is 19.8 Å². The number of furan rings is 1. The fourth-order valence-corrected chi connectivity index (χ4v) is 2.84. The van der Waals surface area contributed by atoms with Crippen molar-refractivity contribution in [3.8, 4) is 0 Å².